The Kier molecular flexibility index (Phi) is 2.64. The van der Waals surface area contributed by atoms with Crippen LogP contribution < -0.4 is 11.3 Å². The highest BCUT2D eigenvalue weighted by Crippen LogP contribution is 2.17. The van der Waals surface area contributed by atoms with Crippen LogP contribution in [-0.4, -0.2) is 19.6 Å². The molecule has 3 N–H and O–H groups in total. The molecule has 6 heteroatoms. The molecule has 3 aromatic heterocycles. The minimum absolute atomic E-state index is 0.174. The van der Waals surface area contributed by atoms with E-state index in [4.69, 9.17) is 5.73 Å². The molecule has 0 radical (unpaired) electrons. The van der Waals surface area contributed by atoms with E-state index in [-0.39, 0.29) is 11.6 Å². The van der Waals surface area contributed by atoms with E-state index < -0.39 is 0 Å². The number of nitrogens with two attached hydrogens (primary N) is 1. The molecule has 0 bridgehead atoms. The third-order valence-electron chi connectivity index (χ3n) is 2.91. The molecule has 0 aliphatic heterocycles. The summed E-state index contributed by atoms with van der Waals surface area (Å²) in [6, 6.07) is 6.74. The number of nitrogens with one attached hydrogen (secondary N) is 1. The molecule has 96 valence electrons. The van der Waals surface area contributed by atoms with E-state index >= 15 is 0 Å². The van der Waals surface area contributed by atoms with Crippen LogP contribution >= 0.6 is 0 Å². The van der Waals surface area contributed by atoms with E-state index in [1.165, 1.54) is 10.6 Å². The van der Waals surface area contributed by atoms with Crippen molar-refractivity contribution in [2.45, 2.75) is 13.0 Å². The van der Waals surface area contributed by atoms with Gasteiger partial charge in [0.05, 0.1) is 11.4 Å². The average molecular weight is 255 g/mol. The van der Waals surface area contributed by atoms with Gasteiger partial charge >= 0.3 is 0 Å². The Labute approximate surface area is 108 Å². The maximum absolute atomic E-state index is 12.0. The topological polar surface area (TPSA) is 89.1 Å². The maximum Gasteiger partial charge on any atom is 0.272 e. The van der Waals surface area contributed by atoms with Crippen LogP contribution in [0.3, 0.4) is 0 Å². The molecule has 3 heterocycles. The normalized spacial score (nSPS) is 12.7. The Morgan fingerprint density at radius 1 is 1.42 bits per heavy atom. The summed E-state index contributed by atoms with van der Waals surface area (Å²) in [5, 5.41) is 3.01. The maximum atomic E-state index is 12.0. The predicted octanol–water partition coefficient (Wildman–Crippen LogP) is 1.10. The predicted molar refractivity (Wildman–Crippen MR) is 71.6 cm³/mol. The molecule has 0 saturated heterocycles. The minimum atomic E-state index is -0.269. The van der Waals surface area contributed by atoms with E-state index in [0.29, 0.717) is 11.3 Å². The molecule has 0 amide bonds. The van der Waals surface area contributed by atoms with Crippen molar-refractivity contribution in [2.75, 3.05) is 0 Å². The molecular weight excluding hydrogens is 242 g/mol. The van der Waals surface area contributed by atoms with Crippen LogP contribution in [0.2, 0.25) is 0 Å². The Morgan fingerprint density at radius 3 is 2.95 bits per heavy atom. The van der Waals surface area contributed by atoms with Crippen molar-refractivity contribution in [1.29, 1.82) is 0 Å². The molecular formula is C13H13N5O. The van der Waals surface area contributed by atoms with E-state index in [9.17, 15) is 4.79 Å². The summed E-state index contributed by atoms with van der Waals surface area (Å²) in [5.74, 6) is 0. The fourth-order valence-electron chi connectivity index (χ4n) is 1.91. The monoisotopic (exact) mass is 255 g/mol. The Bertz CT molecular complexity index is 773. The van der Waals surface area contributed by atoms with Gasteiger partial charge in [-0.2, -0.15) is 0 Å². The summed E-state index contributed by atoms with van der Waals surface area (Å²) >= 11 is 0. The summed E-state index contributed by atoms with van der Waals surface area (Å²) in [7, 11) is 0. The highest BCUT2D eigenvalue weighted by Gasteiger charge is 2.09. The van der Waals surface area contributed by atoms with Gasteiger partial charge in [0, 0.05) is 36.1 Å². The molecule has 1 atom stereocenters. The molecule has 0 spiro atoms. The minimum Gasteiger partial charge on any atom is -0.323 e. The van der Waals surface area contributed by atoms with Crippen molar-refractivity contribution in [3.8, 4) is 11.3 Å². The van der Waals surface area contributed by atoms with Gasteiger partial charge in [0.15, 0.2) is 5.65 Å². The first-order valence-corrected chi connectivity index (χ1v) is 5.94. The van der Waals surface area contributed by atoms with Gasteiger partial charge in [-0.15, -0.1) is 0 Å². The van der Waals surface area contributed by atoms with Gasteiger partial charge in [-0.3, -0.25) is 14.9 Å². The van der Waals surface area contributed by atoms with Crippen LogP contribution in [0.25, 0.3) is 16.9 Å². The number of H-pyrrole nitrogens is 1. The number of aromatic amines is 1. The number of hydrogen-bond acceptors (Lipinski definition) is 4. The quantitative estimate of drug-likeness (QED) is 0.717. The molecule has 19 heavy (non-hydrogen) atoms. The molecule has 0 aliphatic rings. The fraction of sp³-hybridized carbons (Fsp3) is 0.154. The highest BCUT2D eigenvalue weighted by atomic mass is 16.1. The van der Waals surface area contributed by atoms with Crippen LogP contribution in [0.15, 0.2) is 41.5 Å². The smallest absolute Gasteiger partial charge is 0.272 e. The number of pyridine rings is 1. The van der Waals surface area contributed by atoms with Crippen molar-refractivity contribution < 1.29 is 0 Å². The molecule has 0 fully saturated rings. The van der Waals surface area contributed by atoms with Crippen molar-refractivity contribution in [3.63, 3.8) is 0 Å². The first-order valence-electron chi connectivity index (χ1n) is 5.94. The van der Waals surface area contributed by atoms with Gasteiger partial charge in [0.1, 0.15) is 0 Å². The lowest BCUT2D eigenvalue weighted by atomic mass is 10.2. The Balaban J connectivity index is 2.21. The molecule has 3 aromatic rings. The lowest BCUT2D eigenvalue weighted by molar-refractivity contribution is 0.765. The van der Waals surface area contributed by atoms with E-state index in [2.05, 4.69) is 15.1 Å². The SMILES string of the molecule is CC(N)c1cc(=O)n2[nH]c(-c3cccnc3)cc2n1. The Hall–Kier alpha value is -2.47. The summed E-state index contributed by atoms with van der Waals surface area (Å²) in [6.45, 7) is 1.80. The van der Waals surface area contributed by atoms with Crippen LogP contribution in [0.5, 0.6) is 0 Å². The van der Waals surface area contributed by atoms with Crippen molar-refractivity contribution in [2.24, 2.45) is 5.73 Å². The van der Waals surface area contributed by atoms with Crippen molar-refractivity contribution in [3.05, 3.63) is 52.7 Å². The van der Waals surface area contributed by atoms with Gasteiger partial charge in [0.2, 0.25) is 0 Å². The largest absolute Gasteiger partial charge is 0.323 e. The standard InChI is InChI=1S/C13H13N5O/c1-8(14)10-6-13(19)18-12(16-10)5-11(17-18)9-3-2-4-15-7-9/h2-8,17H,14H2,1H3. The molecule has 3 rings (SSSR count). The number of hydrogen-bond donors (Lipinski definition) is 2. The number of nitrogens with zero attached hydrogens (tertiary/aromatic N) is 3. The van der Waals surface area contributed by atoms with Gasteiger partial charge in [-0.1, -0.05) is 0 Å². The van der Waals surface area contributed by atoms with Crippen molar-refractivity contribution in [1.82, 2.24) is 19.6 Å². The second-order valence-corrected chi connectivity index (χ2v) is 4.41. The molecule has 6 nitrogen and oxygen atoms in total. The van der Waals surface area contributed by atoms with Gasteiger partial charge in [-0.05, 0) is 19.1 Å². The first kappa shape index (κ1) is 11.6. The van der Waals surface area contributed by atoms with Crippen LogP contribution in [0.1, 0.15) is 18.7 Å². The number of aromatic nitrogens is 4. The van der Waals surface area contributed by atoms with Crippen molar-refractivity contribution >= 4 is 5.65 Å². The number of rotatable bonds is 2. The second-order valence-electron chi connectivity index (χ2n) is 4.41. The lowest BCUT2D eigenvalue weighted by Crippen LogP contribution is -2.18. The van der Waals surface area contributed by atoms with Crippen LogP contribution in [0.4, 0.5) is 0 Å². The van der Waals surface area contributed by atoms with Crippen LogP contribution in [0, 0.1) is 0 Å². The first-order chi connectivity index (χ1) is 9.15. The summed E-state index contributed by atoms with van der Waals surface area (Å²) < 4.78 is 1.40. The fourth-order valence-corrected chi connectivity index (χ4v) is 1.91. The average Bonchev–Trinajstić information content (AvgIpc) is 2.84. The molecule has 0 aliphatic carbocycles. The highest BCUT2D eigenvalue weighted by molar-refractivity contribution is 5.62. The summed E-state index contributed by atoms with van der Waals surface area (Å²) in [6.07, 6.45) is 3.42. The van der Waals surface area contributed by atoms with E-state index in [1.807, 2.05) is 18.2 Å². The number of fused-ring (bicyclic) bond motifs is 1. The van der Waals surface area contributed by atoms with E-state index in [1.54, 1.807) is 19.3 Å². The Morgan fingerprint density at radius 2 is 2.26 bits per heavy atom. The zero-order valence-electron chi connectivity index (χ0n) is 10.4. The van der Waals surface area contributed by atoms with E-state index in [0.717, 1.165) is 11.3 Å². The molecule has 0 aromatic carbocycles. The summed E-state index contributed by atoms with van der Waals surface area (Å²) in [4.78, 5) is 20.4. The third kappa shape index (κ3) is 2.02. The van der Waals surface area contributed by atoms with Gasteiger partial charge < -0.3 is 5.73 Å². The third-order valence-corrected chi connectivity index (χ3v) is 2.91. The van der Waals surface area contributed by atoms with Gasteiger partial charge in [0.25, 0.3) is 5.56 Å². The summed E-state index contributed by atoms with van der Waals surface area (Å²) in [5.41, 5.74) is 8.42. The molecule has 1 unspecified atom stereocenters. The van der Waals surface area contributed by atoms with Crippen LogP contribution in [-0.2, 0) is 0 Å². The zero-order valence-corrected chi connectivity index (χ0v) is 10.4. The van der Waals surface area contributed by atoms with Gasteiger partial charge in [-0.25, -0.2) is 9.50 Å². The zero-order chi connectivity index (χ0) is 13.4. The lowest BCUT2D eigenvalue weighted by Gasteiger charge is -2.03. The second kappa shape index (κ2) is 4.33. The molecule has 0 saturated carbocycles.